The number of urea groups is 1. The molecule has 0 aliphatic heterocycles. The van der Waals surface area contributed by atoms with Crippen molar-refractivity contribution in [3.63, 3.8) is 0 Å². The van der Waals surface area contributed by atoms with Gasteiger partial charge in [0, 0.05) is 6.54 Å². The Morgan fingerprint density at radius 2 is 1.59 bits per heavy atom. The minimum absolute atomic E-state index is 0.215. The van der Waals surface area contributed by atoms with Crippen LogP contribution in [0, 0.1) is 11.6 Å². The van der Waals surface area contributed by atoms with Crippen LogP contribution < -0.4 is 20.7 Å². The van der Waals surface area contributed by atoms with Crippen molar-refractivity contribution in [3.8, 4) is 5.75 Å². The zero-order valence-electron chi connectivity index (χ0n) is 16.2. The van der Waals surface area contributed by atoms with E-state index >= 15 is 0 Å². The van der Waals surface area contributed by atoms with E-state index in [1.54, 1.807) is 12.1 Å². The Kier molecular flexibility index (Phi) is 8.88. The lowest BCUT2D eigenvalue weighted by Crippen LogP contribution is -2.50. The highest BCUT2D eigenvalue weighted by Crippen LogP contribution is 2.10. The zero-order chi connectivity index (χ0) is 21.1. The van der Waals surface area contributed by atoms with Gasteiger partial charge in [0.1, 0.15) is 30.0 Å². The summed E-state index contributed by atoms with van der Waals surface area (Å²) in [5.41, 5.74) is 0.746. The van der Waals surface area contributed by atoms with E-state index in [2.05, 4.69) is 16.0 Å². The molecule has 0 saturated carbocycles. The van der Waals surface area contributed by atoms with Crippen molar-refractivity contribution >= 4 is 11.9 Å². The van der Waals surface area contributed by atoms with Crippen LogP contribution in [-0.4, -0.2) is 31.1 Å². The molecule has 1 atom stereocenters. The minimum Gasteiger partial charge on any atom is -0.492 e. The maximum atomic E-state index is 12.9. The lowest BCUT2D eigenvalue weighted by atomic mass is 10.1. The van der Waals surface area contributed by atoms with Crippen molar-refractivity contribution in [1.29, 1.82) is 0 Å². The highest BCUT2D eigenvalue weighted by Gasteiger charge is 2.19. The topological polar surface area (TPSA) is 79.5 Å². The molecule has 0 heterocycles. The third-order valence-electron chi connectivity index (χ3n) is 4.05. The number of hydrogen-bond acceptors (Lipinski definition) is 3. The molecule has 2 rings (SSSR count). The van der Waals surface area contributed by atoms with Crippen molar-refractivity contribution in [3.05, 3.63) is 65.7 Å². The van der Waals surface area contributed by atoms with Gasteiger partial charge in [-0.05, 0) is 48.4 Å². The zero-order valence-corrected chi connectivity index (χ0v) is 16.2. The molecule has 0 radical (unpaired) electrons. The maximum absolute atomic E-state index is 12.9. The number of rotatable bonds is 10. The molecular formula is C21H25F2N3O3. The number of carbonyl (C=O) groups is 2. The van der Waals surface area contributed by atoms with Gasteiger partial charge in [0.25, 0.3) is 0 Å². The Morgan fingerprint density at radius 3 is 2.21 bits per heavy atom. The summed E-state index contributed by atoms with van der Waals surface area (Å²) in [7, 11) is 0. The maximum Gasteiger partial charge on any atom is 0.315 e. The third kappa shape index (κ3) is 8.16. The second kappa shape index (κ2) is 11.6. The second-order valence-corrected chi connectivity index (χ2v) is 6.39. The van der Waals surface area contributed by atoms with Crippen LogP contribution in [0.4, 0.5) is 13.6 Å². The summed E-state index contributed by atoms with van der Waals surface area (Å²) in [6.07, 6.45) is 1.19. The summed E-state index contributed by atoms with van der Waals surface area (Å²) in [5, 5.41) is 8.01. The molecule has 29 heavy (non-hydrogen) atoms. The molecule has 3 N–H and O–H groups in total. The van der Waals surface area contributed by atoms with Crippen LogP contribution in [0.3, 0.4) is 0 Å². The molecule has 0 saturated heterocycles. The van der Waals surface area contributed by atoms with Crippen LogP contribution in [-0.2, 0) is 11.3 Å². The predicted molar refractivity (Wildman–Crippen MR) is 105 cm³/mol. The first-order chi connectivity index (χ1) is 14.0. The monoisotopic (exact) mass is 405 g/mol. The van der Waals surface area contributed by atoms with Crippen molar-refractivity contribution in [2.45, 2.75) is 32.4 Å². The van der Waals surface area contributed by atoms with Crippen molar-refractivity contribution in [1.82, 2.24) is 16.0 Å². The summed E-state index contributed by atoms with van der Waals surface area (Å²) < 4.78 is 31.2. The number of carbonyl (C=O) groups excluding carboxylic acids is 2. The normalized spacial score (nSPS) is 11.4. The third-order valence-corrected chi connectivity index (χ3v) is 4.05. The molecule has 2 aromatic carbocycles. The first-order valence-electron chi connectivity index (χ1n) is 9.43. The summed E-state index contributed by atoms with van der Waals surface area (Å²) >= 11 is 0. The Morgan fingerprint density at radius 1 is 0.966 bits per heavy atom. The average molecular weight is 405 g/mol. The van der Waals surface area contributed by atoms with E-state index in [-0.39, 0.29) is 37.2 Å². The van der Waals surface area contributed by atoms with Gasteiger partial charge >= 0.3 is 6.03 Å². The van der Waals surface area contributed by atoms with E-state index in [0.717, 1.165) is 5.56 Å². The molecule has 3 amide bonds. The molecule has 8 heteroatoms. The van der Waals surface area contributed by atoms with Crippen LogP contribution >= 0.6 is 0 Å². The number of benzene rings is 2. The van der Waals surface area contributed by atoms with Gasteiger partial charge in [-0.2, -0.15) is 0 Å². The highest BCUT2D eigenvalue weighted by atomic mass is 19.1. The summed E-state index contributed by atoms with van der Waals surface area (Å²) in [4.78, 5) is 24.4. The minimum atomic E-state index is -0.681. The van der Waals surface area contributed by atoms with Gasteiger partial charge in [-0.25, -0.2) is 13.6 Å². The van der Waals surface area contributed by atoms with Crippen molar-refractivity contribution < 1.29 is 23.1 Å². The summed E-state index contributed by atoms with van der Waals surface area (Å²) in [5.74, 6) is -0.506. The van der Waals surface area contributed by atoms with Crippen LogP contribution in [0.25, 0.3) is 0 Å². The molecule has 0 fully saturated rings. The molecule has 1 unspecified atom stereocenters. The lowest BCUT2D eigenvalue weighted by molar-refractivity contribution is -0.123. The second-order valence-electron chi connectivity index (χ2n) is 6.39. The number of halogens is 2. The lowest BCUT2D eigenvalue weighted by Gasteiger charge is -2.18. The molecule has 2 aromatic rings. The van der Waals surface area contributed by atoms with Crippen LogP contribution in [0.2, 0.25) is 0 Å². The molecular weight excluding hydrogens is 380 g/mol. The Labute approximate surface area is 168 Å². The predicted octanol–water partition coefficient (Wildman–Crippen LogP) is 3.13. The van der Waals surface area contributed by atoms with Crippen LogP contribution in [0.15, 0.2) is 48.5 Å². The van der Waals surface area contributed by atoms with E-state index < -0.39 is 12.1 Å². The molecule has 156 valence electrons. The highest BCUT2D eigenvalue weighted by molar-refractivity contribution is 5.86. The molecule has 0 aliphatic rings. The van der Waals surface area contributed by atoms with E-state index in [1.807, 2.05) is 6.92 Å². The first-order valence-corrected chi connectivity index (χ1v) is 9.43. The van der Waals surface area contributed by atoms with Crippen molar-refractivity contribution in [2.75, 3.05) is 13.2 Å². The van der Waals surface area contributed by atoms with Gasteiger partial charge in [0.05, 0.1) is 6.54 Å². The van der Waals surface area contributed by atoms with E-state index in [1.165, 1.54) is 36.4 Å². The van der Waals surface area contributed by atoms with Crippen LogP contribution in [0.1, 0.15) is 25.3 Å². The summed E-state index contributed by atoms with van der Waals surface area (Å²) in [6.45, 7) is 2.59. The Balaban J connectivity index is 1.73. The van der Waals surface area contributed by atoms with E-state index in [9.17, 15) is 18.4 Å². The first kappa shape index (κ1) is 22.1. The molecule has 0 aromatic heterocycles. The fraction of sp³-hybridized carbons (Fsp3) is 0.333. The van der Waals surface area contributed by atoms with Gasteiger partial charge in [0.15, 0.2) is 0 Å². The molecule has 0 spiro atoms. The standard InChI is InChI=1S/C21H25F2N3O3/c1-2-3-19(26-21(28)25-14-15-4-6-16(22)7-5-15)20(27)24-12-13-29-18-10-8-17(23)9-11-18/h4-11,19H,2-3,12-14H2,1H3,(H,24,27)(H2,25,26,28). The smallest absolute Gasteiger partial charge is 0.315 e. The fourth-order valence-corrected chi connectivity index (χ4v) is 2.55. The number of nitrogens with one attached hydrogen (secondary N) is 3. The van der Waals surface area contributed by atoms with E-state index in [0.29, 0.717) is 18.6 Å². The van der Waals surface area contributed by atoms with Gasteiger partial charge in [0.2, 0.25) is 5.91 Å². The number of amides is 3. The summed E-state index contributed by atoms with van der Waals surface area (Å²) in [6, 6.07) is 10.2. The number of ether oxygens (including phenoxy) is 1. The van der Waals surface area contributed by atoms with Gasteiger partial charge in [-0.1, -0.05) is 25.5 Å². The van der Waals surface area contributed by atoms with Gasteiger partial charge in [-0.15, -0.1) is 0 Å². The molecule has 0 bridgehead atoms. The Bertz CT molecular complexity index is 783. The van der Waals surface area contributed by atoms with Gasteiger partial charge < -0.3 is 20.7 Å². The largest absolute Gasteiger partial charge is 0.492 e. The molecule has 6 nitrogen and oxygen atoms in total. The van der Waals surface area contributed by atoms with Crippen molar-refractivity contribution in [2.24, 2.45) is 0 Å². The molecule has 0 aliphatic carbocycles. The quantitative estimate of drug-likeness (QED) is 0.532. The van der Waals surface area contributed by atoms with Crippen LogP contribution in [0.5, 0.6) is 5.75 Å². The SMILES string of the molecule is CCCC(NC(=O)NCc1ccc(F)cc1)C(=O)NCCOc1ccc(F)cc1. The fourth-order valence-electron chi connectivity index (χ4n) is 2.55. The van der Waals surface area contributed by atoms with Gasteiger partial charge in [-0.3, -0.25) is 4.79 Å². The number of hydrogen-bond donors (Lipinski definition) is 3. The Hall–Kier alpha value is -3.16. The van der Waals surface area contributed by atoms with E-state index in [4.69, 9.17) is 4.74 Å². The average Bonchev–Trinajstić information content (AvgIpc) is 2.71.